The molecule has 0 fully saturated rings. The molecule has 6 heteroatoms. The van der Waals surface area contributed by atoms with Gasteiger partial charge in [-0.2, -0.15) is 0 Å². The fourth-order valence-electron chi connectivity index (χ4n) is 1.77. The van der Waals surface area contributed by atoms with Crippen molar-refractivity contribution in [1.82, 2.24) is 9.88 Å². The van der Waals surface area contributed by atoms with Gasteiger partial charge in [-0.05, 0) is 26.2 Å². The smallest absolute Gasteiger partial charge is 0.348 e. The summed E-state index contributed by atoms with van der Waals surface area (Å²) < 4.78 is 13.8. The van der Waals surface area contributed by atoms with Gasteiger partial charge in [-0.25, -0.2) is 14.2 Å². The number of likely N-dealkylation sites (N-methyl/N-ethyl adjacent to an activating group) is 1. The summed E-state index contributed by atoms with van der Waals surface area (Å²) in [6.07, 6.45) is 0.645. The Kier molecular flexibility index (Phi) is 4.46. The largest absolute Gasteiger partial charge is 0.477 e. The van der Waals surface area contributed by atoms with Crippen molar-refractivity contribution in [2.24, 2.45) is 0 Å². The number of hydrogen-bond donors (Lipinski definition) is 1. The van der Waals surface area contributed by atoms with Gasteiger partial charge in [-0.15, -0.1) is 11.3 Å². The molecule has 1 N–H and O–H groups in total. The van der Waals surface area contributed by atoms with E-state index in [9.17, 15) is 14.3 Å². The van der Waals surface area contributed by atoms with Crippen LogP contribution in [-0.2, 0) is 6.42 Å². The van der Waals surface area contributed by atoms with Crippen molar-refractivity contribution in [3.8, 4) is 11.3 Å². The van der Waals surface area contributed by atoms with Crippen LogP contribution in [-0.4, -0.2) is 41.6 Å². The van der Waals surface area contributed by atoms with E-state index in [1.165, 1.54) is 6.07 Å². The summed E-state index contributed by atoms with van der Waals surface area (Å²) in [5.41, 5.74) is 0.451. The van der Waals surface area contributed by atoms with Gasteiger partial charge in [-0.3, -0.25) is 0 Å². The second-order valence-electron chi connectivity index (χ2n) is 4.62. The minimum atomic E-state index is -1.07. The minimum Gasteiger partial charge on any atom is -0.477 e. The van der Waals surface area contributed by atoms with E-state index in [2.05, 4.69) is 4.98 Å². The second-order valence-corrected chi connectivity index (χ2v) is 5.71. The maximum absolute atomic E-state index is 13.8. The number of halogens is 1. The van der Waals surface area contributed by atoms with Crippen LogP contribution in [0.2, 0.25) is 0 Å². The Hall–Kier alpha value is -1.79. The standard InChI is InChI=1S/C14H15FN2O2S/c1-17(2)8-7-11-16-12(13(20-11)14(18)19)9-5-3-4-6-10(9)15/h3-6H,7-8H2,1-2H3,(H,18,19). The van der Waals surface area contributed by atoms with Crippen LogP contribution < -0.4 is 0 Å². The fraction of sp³-hybridized carbons (Fsp3) is 0.286. The Bertz CT molecular complexity index is 625. The highest BCUT2D eigenvalue weighted by atomic mass is 32.1. The topological polar surface area (TPSA) is 53.4 Å². The molecule has 0 aliphatic heterocycles. The Labute approximate surface area is 120 Å². The molecule has 0 atom stereocenters. The Morgan fingerprint density at radius 1 is 1.40 bits per heavy atom. The number of carbonyl (C=O) groups is 1. The van der Waals surface area contributed by atoms with Gasteiger partial charge in [0.15, 0.2) is 0 Å². The van der Waals surface area contributed by atoms with E-state index in [1.807, 2.05) is 19.0 Å². The zero-order valence-electron chi connectivity index (χ0n) is 11.3. The molecular weight excluding hydrogens is 279 g/mol. The first kappa shape index (κ1) is 14.6. The zero-order chi connectivity index (χ0) is 14.7. The van der Waals surface area contributed by atoms with E-state index in [-0.39, 0.29) is 16.1 Å². The van der Waals surface area contributed by atoms with Crippen molar-refractivity contribution in [2.45, 2.75) is 6.42 Å². The summed E-state index contributed by atoms with van der Waals surface area (Å²) in [6, 6.07) is 6.09. The summed E-state index contributed by atoms with van der Waals surface area (Å²) >= 11 is 1.11. The maximum Gasteiger partial charge on any atom is 0.348 e. The summed E-state index contributed by atoms with van der Waals surface area (Å²) in [7, 11) is 3.87. The van der Waals surface area contributed by atoms with Crippen molar-refractivity contribution in [3.05, 3.63) is 40.0 Å². The Morgan fingerprint density at radius 2 is 2.10 bits per heavy atom. The predicted molar refractivity (Wildman–Crippen MR) is 76.7 cm³/mol. The monoisotopic (exact) mass is 294 g/mol. The summed E-state index contributed by atoms with van der Waals surface area (Å²) in [6.45, 7) is 0.767. The van der Waals surface area contributed by atoms with E-state index in [4.69, 9.17) is 0 Å². The van der Waals surface area contributed by atoms with Crippen LogP contribution in [0.15, 0.2) is 24.3 Å². The van der Waals surface area contributed by atoms with Crippen LogP contribution in [0, 0.1) is 5.82 Å². The highest BCUT2D eigenvalue weighted by Crippen LogP contribution is 2.30. The van der Waals surface area contributed by atoms with Crippen LogP contribution >= 0.6 is 11.3 Å². The van der Waals surface area contributed by atoms with Gasteiger partial charge in [0.2, 0.25) is 0 Å². The number of benzene rings is 1. The normalized spacial score (nSPS) is 11.0. The molecule has 2 rings (SSSR count). The van der Waals surface area contributed by atoms with E-state index in [0.29, 0.717) is 11.4 Å². The minimum absolute atomic E-state index is 0.0869. The molecule has 0 aliphatic carbocycles. The first-order valence-corrected chi connectivity index (χ1v) is 6.93. The molecule has 1 aromatic heterocycles. The SMILES string of the molecule is CN(C)CCc1nc(-c2ccccc2F)c(C(=O)O)s1. The fourth-order valence-corrected chi connectivity index (χ4v) is 2.68. The first-order valence-electron chi connectivity index (χ1n) is 6.11. The van der Waals surface area contributed by atoms with Gasteiger partial charge < -0.3 is 10.0 Å². The number of rotatable bonds is 5. The molecule has 0 radical (unpaired) electrons. The number of aromatic nitrogens is 1. The van der Waals surface area contributed by atoms with Gasteiger partial charge in [0.05, 0.1) is 10.7 Å². The van der Waals surface area contributed by atoms with Crippen molar-refractivity contribution in [1.29, 1.82) is 0 Å². The van der Waals surface area contributed by atoms with Crippen molar-refractivity contribution < 1.29 is 14.3 Å². The van der Waals surface area contributed by atoms with Crippen LogP contribution in [0.5, 0.6) is 0 Å². The molecule has 1 heterocycles. The quantitative estimate of drug-likeness (QED) is 0.921. The van der Waals surface area contributed by atoms with E-state index in [0.717, 1.165) is 17.9 Å². The third kappa shape index (κ3) is 3.20. The molecule has 0 saturated carbocycles. The molecule has 0 saturated heterocycles. The molecule has 106 valence electrons. The lowest BCUT2D eigenvalue weighted by Gasteiger charge is -2.06. The highest BCUT2D eigenvalue weighted by Gasteiger charge is 2.20. The molecule has 1 aromatic carbocycles. The number of nitrogens with zero attached hydrogens (tertiary/aromatic N) is 2. The lowest BCUT2D eigenvalue weighted by molar-refractivity contribution is 0.0702. The zero-order valence-corrected chi connectivity index (χ0v) is 12.1. The van der Waals surface area contributed by atoms with Crippen LogP contribution in [0.1, 0.15) is 14.7 Å². The Morgan fingerprint density at radius 3 is 2.70 bits per heavy atom. The number of aromatic carboxylic acids is 1. The van der Waals surface area contributed by atoms with Crippen molar-refractivity contribution in [3.63, 3.8) is 0 Å². The average molecular weight is 294 g/mol. The highest BCUT2D eigenvalue weighted by molar-refractivity contribution is 7.14. The van der Waals surface area contributed by atoms with Crippen LogP contribution in [0.3, 0.4) is 0 Å². The summed E-state index contributed by atoms with van der Waals surface area (Å²) in [5, 5.41) is 9.95. The molecule has 4 nitrogen and oxygen atoms in total. The lowest BCUT2D eigenvalue weighted by atomic mass is 10.1. The average Bonchev–Trinajstić information content (AvgIpc) is 2.81. The van der Waals surface area contributed by atoms with E-state index >= 15 is 0 Å². The number of hydrogen-bond acceptors (Lipinski definition) is 4. The van der Waals surface area contributed by atoms with Crippen molar-refractivity contribution in [2.75, 3.05) is 20.6 Å². The van der Waals surface area contributed by atoms with Gasteiger partial charge >= 0.3 is 5.97 Å². The second kappa shape index (κ2) is 6.11. The molecular formula is C14H15FN2O2S. The molecule has 2 aromatic rings. The Balaban J connectivity index is 2.41. The summed E-state index contributed by atoms with van der Waals surface area (Å²) in [4.78, 5) is 17.7. The van der Waals surface area contributed by atoms with Gasteiger partial charge in [-0.1, -0.05) is 12.1 Å². The van der Waals surface area contributed by atoms with Crippen LogP contribution in [0.4, 0.5) is 4.39 Å². The van der Waals surface area contributed by atoms with E-state index in [1.54, 1.807) is 18.2 Å². The number of carboxylic acids is 1. The third-order valence-corrected chi connectivity index (χ3v) is 3.87. The van der Waals surface area contributed by atoms with Gasteiger partial charge in [0, 0.05) is 18.5 Å². The number of thiazole rings is 1. The lowest BCUT2D eigenvalue weighted by Crippen LogP contribution is -2.14. The molecule has 0 spiro atoms. The summed E-state index contributed by atoms with van der Waals surface area (Å²) in [5.74, 6) is -1.53. The third-order valence-electron chi connectivity index (χ3n) is 2.77. The molecule has 0 aliphatic rings. The molecule has 0 bridgehead atoms. The first-order chi connectivity index (χ1) is 9.49. The van der Waals surface area contributed by atoms with E-state index < -0.39 is 11.8 Å². The van der Waals surface area contributed by atoms with Gasteiger partial charge in [0.1, 0.15) is 10.7 Å². The molecule has 20 heavy (non-hydrogen) atoms. The van der Waals surface area contributed by atoms with Crippen LogP contribution in [0.25, 0.3) is 11.3 Å². The molecule has 0 unspecified atom stereocenters. The van der Waals surface area contributed by atoms with Gasteiger partial charge in [0.25, 0.3) is 0 Å². The number of carboxylic acid groups (broad SMARTS) is 1. The van der Waals surface area contributed by atoms with Crippen molar-refractivity contribution >= 4 is 17.3 Å². The maximum atomic E-state index is 13.8. The predicted octanol–water partition coefficient (Wildman–Crippen LogP) is 2.75. The molecule has 0 amide bonds.